The van der Waals surface area contributed by atoms with Crippen molar-refractivity contribution in [2.45, 2.75) is 32.2 Å². The van der Waals surface area contributed by atoms with Crippen LogP contribution in [-0.4, -0.2) is 26.4 Å². The van der Waals surface area contributed by atoms with E-state index in [2.05, 4.69) is 22.1 Å². The van der Waals surface area contributed by atoms with Crippen molar-refractivity contribution in [2.75, 3.05) is 11.1 Å². The van der Waals surface area contributed by atoms with Gasteiger partial charge in [-0.1, -0.05) is 47.6 Å². The second kappa shape index (κ2) is 10.3. The number of amides is 1. The Morgan fingerprint density at radius 3 is 2.83 bits per heavy atom. The molecule has 0 spiro atoms. The van der Waals surface area contributed by atoms with Crippen LogP contribution in [0.25, 0.3) is 0 Å². The van der Waals surface area contributed by atoms with E-state index in [0.717, 1.165) is 11.3 Å². The van der Waals surface area contributed by atoms with Gasteiger partial charge < -0.3 is 10.1 Å². The fourth-order valence-corrected chi connectivity index (χ4v) is 3.72. The van der Waals surface area contributed by atoms with Gasteiger partial charge in [0.05, 0.1) is 5.75 Å². The minimum absolute atomic E-state index is 0.149. The quantitative estimate of drug-likeness (QED) is 0.371. The van der Waals surface area contributed by atoms with Crippen LogP contribution in [0.2, 0.25) is 5.02 Å². The van der Waals surface area contributed by atoms with Crippen molar-refractivity contribution in [3.05, 3.63) is 77.1 Å². The summed E-state index contributed by atoms with van der Waals surface area (Å²) in [5.41, 5.74) is 2.92. The number of aryl methyl sites for hydroxylation is 1. The predicted molar refractivity (Wildman–Crippen MR) is 121 cm³/mol. The first-order valence-corrected chi connectivity index (χ1v) is 10.7. The molecular formula is C22H23ClN4O2S. The van der Waals surface area contributed by atoms with Gasteiger partial charge in [-0.05, 0) is 49.2 Å². The van der Waals surface area contributed by atoms with E-state index in [-0.39, 0.29) is 18.3 Å². The monoisotopic (exact) mass is 442 g/mol. The van der Waals surface area contributed by atoms with Crippen LogP contribution in [-0.2, 0) is 17.9 Å². The Balaban J connectivity index is 1.64. The number of thioether (sulfide) groups is 1. The molecule has 2 aromatic carbocycles. The van der Waals surface area contributed by atoms with Crippen LogP contribution >= 0.6 is 23.4 Å². The molecule has 0 bridgehead atoms. The van der Waals surface area contributed by atoms with Crippen LogP contribution in [0.15, 0.2) is 60.3 Å². The zero-order chi connectivity index (χ0) is 21.5. The van der Waals surface area contributed by atoms with E-state index in [9.17, 15) is 4.79 Å². The summed E-state index contributed by atoms with van der Waals surface area (Å²) in [6, 6.07) is 13.0. The molecule has 3 aromatic rings. The fraction of sp³-hybridized carbons (Fsp3) is 0.227. The average molecular weight is 443 g/mol. The molecule has 1 aromatic heterocycles. The summed E-state index contributed by atoms with van der Waals surface area (Å²) in [4.78, 5) is 12.3. The number of carbonyl (C=O) groups is 1. The molecule has 30 heavy (non-hydrogen) atoms. The molecule has 0 unspecified atom stereocenters. The van der Waals surface area contributed by atoms with Gasteiger partial charge >= 0.3 is 0 Å². The van der Waals surface area contributed by atoms with E-state index in [4.69, 9.17) is 16.3 Å². The molecule has 0 aliphatic heterocycles. The van der Waals surface area contributed by atoms with Crippen molar-refractivity contribution < 1.29 is 9.53 Å². The largest absolute Gasteiger partial charge is 0.485 e. The number of allylic oxidation sites excluding steroid dienone is 1. The molecule has 8 heteroatoms. The Kier molecular flexibility index (Phi) is 7.54. The average Bonchev–Trinajstić information content (AvgIpc) is 3.09. The van der Waals surface area contributed by atoms with Crippen LogP contribution in [0.3, 0.4) is 0 Å². The van der Waals surface area contributed by atoms with E-state index in [1.165, 1.54) is 17.3 Å². The number of anilines is 1. The van der Waals surface area contributed by atoms with Crippen LogP contribution in [0.5, 0.6) is 5.75 Å². The molecule has 0 aliphatic rings. The number of nitrogens with zero attached hydrogens (tertiary/aromatic N) is 3. The van der Waals surface area contributed by atoms with Gasteiger partial charge in [-0.25, -0.2) is 0 Å². The molecule has 1 N–H and O–H groups in total. The van der Waals surface area contributed by atoms with Crippen molar-refractivity contribution in [3.63, 3.8) is 0 Å². The molecule has 3 rings (SSSR count). The van der Waals surface area contributed by atoms with Crippen molar-refractivity contribution in [1.29, 1.82) is 0 Å². The number of rotatable bonds is 9. The molecule has 0 saturated heterocycles. The zero-order valence-electron chi connectivity index (χ0n) is 16.9. The Bertz CT molecular complexity index is 1050. The maximum absolute atomic E-state index is 12.3. The van der Waals surface area contributed by atoms with Crippen LogP contribution in [0, 0.1) is 13.8 Å². The zero-order valence-corrected chi connectivity index (χ0v) is 18.5. The summed E-state index contributed by atoms with van der Waals surface area (Å²) in [6.45, 7) is 8.68. The van der Waals surface area contributed by atoms with Crippen LogP contribution < -0.4 is 10.1 Å². The summed E-state index contributed by atoms with van der Waals surface area (Å²) in [6.07, 6.45) is 1.76. The molecule has 0 aliphatic carbocycles. The minimum atomic E-state index is -0.149. The van der Waals surface area contributed by atoms with Crippen LogP contribution in [0.4, 0.5) is 5.69 Å². The number of hydrogen-bond acceptors (Lipinski definition) is 5. The summed E-state index contributed by atoms with van der Waals surface area (Å²) in [5, 5.41) is 12.5. The lowest BCUT2D eigenvalue weighted by molar-refractivity contribution is -0.113. The van der Waals surface area contributed by atoms with Gasteiger partial charge in [-0.3, -0.25) is 9.36 Å². The normalized spacial score (nSPS) is 10.6. The molecule has 1 heterocycles. The first-order chi connectivity index (χ1) is 14.5. The maximum Gasteiger partial charge on any atom is 0.234 e. The summed E-state index contributed by atoms with van der Waals surface area (Å²) >= 11 is 7.26. The number of hydrogen-bond donors (Lipinski definition) is 1. The van der Waals surface area contributed by atoms with Gasteiger partial charge in [0, 0.05) is 17.3 Å². The van der Waals surface area contributed by atoms with Gasteiger partial charge in [-0.2, -0.15) is 0 Å². The van der Waals surface area contributed by atoms with Gasteiger partial charge in [0.15, 0.2) is 11.0 Å². The van der Waals surface area contributed by atoms with Crippen molar-refractivity contribution in [2.24, 2.45) is 0 Å². The molecule has 0 radical (unpaired) electrons. The van der Waals surface area contributed by atoms with Gasteiger partial charge in [0.25, 0.3) is 0 Å². The summed E-state index contributed by atoms with van der Waals surface area (Å²) in [5.74, 6) is 1.54. The summed E-state index contributed by atoms with van der Waals surface area (Å²) in [7, 11) is 0. The molecule has 0 atom stereocenters. The lowest BCUT2D eigenvalue weighted by Gasteiger charge is -2.12. The van der Waals surface area contributed by atoms with E-state index < -0.39 is 0 Å². The number of halogens is 1. The smallest absolute Gasteiger partial charge is 0.234 e. The standard InChI is InChI=1S/C22H23ClN4O2S/c1-4-11-27-20(13-29-19-10-5-7-15(2)16(19)3)25-26-22(27)30-14-21(28)24-18-9-6-8-17(23)12-18/h4-10,12H,1,11,13-14H2,2-3H3,(H,24,28). The molecule has 6 nitrogen and oxygen atoms in total. The number of aromatic nitrogens is 3. The number of carbonyl (C=O) groups excluding carboxylic acids is 1. The maximum atomic E-state index is 12.3. The topological polar surface area (TPSA) is 69.0 Å². The van der Waals surface area contributed by atoms with Crippen LogP contribution in [0.1, 0.15) is 17.0 Å². The number of benzene rings is 2. The third kappa shape index (κ3) is 5.64. The first kappa shape index (κ1) is 21.9. The second-order valence-corrected chi connectivity index (χ2v) is 8.01. The van der Waals surface area contributed by atoms with Crippen molar-refractivity contribution >= 4 is 35.0 Å². The fourth-order valence-electron chi connectivity index (χ4n) is 2.76. The van der Waals surface area contributed by atoms with Gasteiger partial charge in [0.2, 0.25) is 5.91 Å². The van der Waals surface area contributed by atoms with E-state index >= 15 is 0 Å². The highest BCUT2D eigenvalue weighted by Gasteiger charge is 2.15. The highest BCUT2D eigenvalue weighted by Crippen LogP contribution is 2.23. The molecule has 1 amide bonds. The van der Waals surface area contributed by atoms with E-state index in [0.29, 0.717) is 28.2 Å². The van der Waals surface area contributed by atoms with Crippen molar-refractivity contribution in [1.82, 2.24) is 14.8 Å². The highest BCUT2D eigenvalue weighted by atomic mass is 35.5. The van der Waals surface area contributed by atoms with Gasteiger partial charge in [0.1, 0.15) is 12.4 Å². The van der Waals surface area contributed by atoms with E-state index in [1.54, 1.807) is 30.3 Å². The molecule has 0 saturated carbocycles. The highest BCUT2D eigenvalue weighted by molar-refractivity contribution is 7.99. The second-order valence-electron chi connectivity index (χ2n) is 6.63. The molecule has 156 valence electrons. The van der Waals surface area contributed by atoms with E-state index in [1.807, 2.05) is 36.6 Å². The number of nitrogens with one attached hydrogen (secondary N) is 1. The third-order valence-electron chi connectivity index (χ3n) is 4.46. The minimum Gasteiger partial charge on any atom is -0.485 e. The Morgan fingerprint density at radius 2 is 2.07 bits per heavy atom. The van der Waals surface area contributed by atoms with Crippen molar-refractivity contribution in [3.8, 4) is 5.75 Å². The lowest BCUT2D eigenvalue weighted by Crippen LogP contribution is -2.15. The Morgan fingerprint density at radius 1 is 1.27 bits per heavy atom. The SMILES string of the molecule is C=CCn1c(COc2cccc(C)c2C)nnc1SCC(=O)Nc1cccc(Cl)c1. The molecular weight excluding hydrogens is 420 g/mol. The first-order valence-electron chi connectivity index (χ1n) is 9.38. The van der Waals surface area contributed by atoms with Gasteiger partial charge in [-0.15, -0.1) is 16.8 Å². The Labute approximate surface area is 185 Å². The third-order valence-corrected chi connectivity index (χ3v) is 5.66. The lowest BCUT2D eigenvalue weighted by atomic mass is 10.1. The number of ether oxygens (including phenoxy) is 1. The summed E-state index contributed by atoms with van der Waals surface area (Å²) < 4.78 is 7.86. The predicted octanol–water partition coefficient (Wildman–Crippen LogP) is 5.04. The Hall–Kier alpha value is -2.77. The molecule has 0 fully saturated rings.